The zero-order chi connectivity index (χ0) is 15.1. The molecular weight excluding hydrogens is 266 g/mol. The molecular formula is C16H25N3O2. The Labute approximate surface area is 126 Å². The fourth-order valence-electron chi connectivity index (χ4n) is 2.67. The van der Waals surface area contributed by atoms with Gasteiger partial charge in [-0.1, -0.05) is 6.92 Å². The van der Waals surface area contributed by atoms with Crippen LogP contribution in [-0.4, -0.2) is 42.6 Å². The lowest BCUT2D eigenvalue weighted by molar-refractivity contribution is -0.147. The number of rotatable bonds is 6. The van der Waals surface area contributed by atoms with E-state index in [1.165, 1.54) is 7.11 Å². The van der Waals surface area contributed by atoms with Gasteiger partial charge in [-0.05, 0) is 44.5 Å². The molecule has 1 saturated heterocycles. The van der Waals surface area contributed by atoms with E-state index in [0.29, 0.717) is 0 Å². The predicted octanol–water partition coefficient (Wildman–Crippen LogP) is 2.29. The van der Waals surface area contributed by atoms with Crippen LogP contribution in [0.15, 0.2) is 18.3 Å². The highest BCUT2D eigenvalue weighted by Gasteiger charge is 2.25. The standard InChI is InChI=1S/C16H25N3O2/c1-3-7-17-14-4-8-18-15(11-14)12-19-9-5-13(6-10-19)16(20)21-2/h4,8,11,13H,3,5-7,9-10,12H2,1-2H3,(H,17,18). The van der Waals surface area contributed by atoms with Crippen LogP contribution in [-0.2, 0) is 16.1 Å². The Kier molecular flexibility index (Phi) is 5.99. The minimum Gasteiger partial charge on any atom is -0.469 e. The fraction of sp³-hybridized carbons (Fsp3) is 0.625. The molecule has 1 aliphatic rings. The van der Waals surface area contributed by atoms with Crippen LogP contribution in [0.25, 0.3) is 0 Å². The average Bonchev–Trinajstić information content (AvgIpc) is 2.53. The average molecular weight is 291 g/mol. The highest BCUT2D eigenvalue weighted by atomic mass is 16.5. The van der Waals surface area contributed by atoms with E-state index >= 15 is 0 Å². The molecule has 2 heterocycles. The topological polar surface area (TPSA) is 54.5 Å². The maximum atomic E-state index is 11.5. The summed E-state index contributed by atoms with van der Waals surface area (Å²) in [6.45, 7) is 5.83. The molecule has 0 atom stereocenters. The zero-order valence-corrected chi connectivity index (χ0v) is 13.0. The van der Waals surface area contributed by atoms with E-state index in [2.05, 4.69) is 28.2 Å². The molecule has 1 aromatic heterocycles. The van der Waals surface area contributed by atoms with Crippen LogP contribution in [0.3, 0.4) is 0 Å². The van der Waals surface area contributed by atoms with E-state index in [1.54, 1.807) is 0 Å². The summed E-state index contributed by atoms with van der Waals surface area (Å²) in [6, 6.07) is 4.12. The molecule has 0 amide bonds. The van der Waals surface area contributed by atoms with Gasteiger partial charge < -0.3 is 10.1 Å². The number of piperidine rings is 1. The quantitative estimate of drug-likeness (QED) is 0.815. The van der Waals surface area contributed by atoms with Gasteiger partial charge in [0.1, 0.15) is 0 Å². The van der Waals surface area contributed by atoms with Gasteiger partial charge in [-0.3, -0.25) is 14.7 Å². The van der Waals surface area contributed by atoms with Gasteiger partial charge >= 0.3 is 5.97 Å². The molecule has 0 saturated carbocycles. The Bertz CT molecular complexity index is 457. The predicted molar refractivity (Wildman–Crippen MR) is 83.0 cm³/mol. The summed E-state index contributed by atoms with van der Waals surface area (Å²) in [5.41, 5.74) is 2.21. The number of pyridine rings is 1. The molecule has 0 aromatic carbocycles. The number of esters is 1. The van der Waals surface area contributed by atoms with Crippen molar-refractivity contribution in [1.29, 1.82) is 0 Å². The van der Waals surface area contributed by atoms with Crippen LogP contribution >= 0.6 is 0 Å². The molecule has 5 nitrogen and oxygen atoms in total. The van der Waals surface area contributed by atoms with Crippen molar-refractivity contribution in [2.75, 3.05) is 32.1 Å². The van der Waals surface area contributed by atoms with Gasteiger partial charge in [0.2, 0.25) is 0 Å². The maximum absolute atomic E-state index is 11.5. The van der Waals surface area contributed by atoms with Gasteiger partial charge in [-0.15, -0.1) is 0 Å². The van der Waals surface area contributed by atoms with Gasteiger partial charge in [-0.25, -0.2) is 0 Å². The molecule has 1 aromatic rings. The smallest absolute Gasteiger partial charge is 0.308 e. The summed E-state index contributed by atoms with van der Waals surface area (Å²) >= 11 is 0. The van der Waals surface area contributed by atoms with Gasteiger partial charge in [0.25, 0.3) is 0 Å². The van der Waals surface area contributed by atoms with E-state index in [1.807, 2.05) is 12.3 Å². The van der Waals surface area contributed by atoms with Crippen molar-refractivity contribution >= 4 is 11.7 Å². The Morgan fingerprint density at radius 1 is 1.48 bits per heavy atom. The molecule has 0 spiro atoms. The lowest BCUT2D eigenvalue weighted by Crippen LogP contribution is -2.36. The van der Waals surface area contributed by atoms with Crippen LogP contribution in [0.2, 0.25) is 0 Å². The SMILES string of the molecule is CCCNc1ccnc(CN2CCC(C(=O)OC)CC2)c1. The molecule has 5 heteroatoms. The lowest BCUT2D eigenvalue weighted by atomic mass is 9.97. The number of methoxy groups -OCH3 is 1. The number of carbonyl (C=O) groups is 1. The molecule has 0 bridgehead atoms. The number of aromatic nitrogens is 1. The first-order valence-corrected chi connectivity index (χ1v) is 7.72. The molecule has 0 unspecified atom stereocenters. The van der Waals surface area contributed by atoms with Gasteiger partial charge in [0, 0.05) is 25.0 Å². The minimum absolute atomic E-state index is 0.0664. The number of nitrogens with one attached hydrogen (secondary N) is 1. The van der Waals surface area contributed by atoms with Crippen LogP contribution in [0.4, 0.5) is 5.69 Å². The highest BCUT2D eigenvalue weighted by molar-refractivity contribution is 5.72. The van der Waals surface area contributed by atoms with Crippen molar-refractivity contribution < 1.29 is 9.53 Å². The first-order chi connectivity index (χ1) is 10.2. The number of anilines is 1. The summed E-state index contributed by atoms with van der Waals surface area (Å²) in [6.07, 6.45) is 4.72. The van der Waals surface area contributed by atoms with Crippen molar-refractivity contribution in [3.8, 4) is 0 Å². The monoisotopic (exact) mass is 291 g/mol. The second-order valence-corrected chi connectivity index (χ2v) is 5.54. The summed E-state index contributed by atoms with van der Waals surface area (Å²) < 4.78 is 4.82. The zero-order valence-electron chi connectivity index (χ0n) is 13.0. The van der Waals surface area contributed by atoms with Crippen LogP contribution < -0.4 is 5.32 Å². The minimum atomic E-state index is -0.0708. The Hall–Kier alpha value is -1.62. The third kappa shape index (κ3) is 4.70. The molecule has 116 valence electrons. The van der Waals surface area contributed by atoms with E-state index in [0.717, 1.165) is 56.8 Å². The molecule has 21 heavy (non-hydrogen) atoms. The first-order valence-electron chi connectivity index (χ1n) is 7.72. The fourth-order valence-corrected chi connectivity index (χ4v) is 2.67. The third-order valence-electron chi connectivity index (χ3n) is 3.90. The van der Waals surface area contributed by atoms with Crippen LogP contribution in [0.5, 0.6) is 0 Å². The Balaban J connectivity index is 1.84. The maximum Gasteiger partial charge on any atom is 0.308 e. The Morgan fingerprint density at radius 2 is 2.24 bits per heavy atom. The number of hydrogen-bond acceptors (Lipinski definition) is 5. The molecule has 1 fully saturated rings. The molecule has 1 N–H and O–H groups in total. The lowest BCUT2D eigenvalue weighted by Gasteiger charge is -2.30. The largest absolute Gasteiger partial charge is 0.469 e. The number of carbonyl (C=O) groups excluding carboxylic acids is 1. The number of hydrogen-bond donors (Lipinski definition) is 1. The summed E-state index contributed by atoms with van der Waals surface area (Å²) in [4.78, 5) is 18.3. The van der Waals surface area contributed by atoms with Gasteiger partial charge in [0.05, 0.1) is 18.7 Å². The summed E-state index contributed by atoms with van der Waals surface area (Å²) in [7, 11) is 1.47. The number of likely N-dealkylation sites (tertiary alicyclic amines) is 1. The highest BCUT2D eigenvalue weighted by Crippen LogP contribution is 2.20. The summed E-state index contributed by atoms with van der Waals surface area (Å²) in [5.74, 6) is -0.00435. The van der Waals surface area contributed by atoms with Gasteiger partial charge in [0.15, 0.2) is 0 Å². The van der Waals surface area contributed by atoms with Crippen LogP contribution in [0.1, 0.15) is 31.9 Å². The van der Waals surface area contributed by atoms with E-state index in [9.17, 15) is 4.79 Å². The molecule has 0 aliphatic carbocycles. The number of nitrogens with zero attached hydrogens (tertiary/aromatic N) is 2. The van der Waals surface area contributed by atoms with Gasteiger partial charge in [-0.2, -0.15) is 0 Å². The summed E-state index contributed by atoms with van der Waals surface area (Å²) in [5, 5.41) is 3.38. The van der Waals surface area contributed by atoms with Crippen LogP contribution in [0, 0.1) is 5.92 Å². The molecule has 0 radical (unpaired) electrons. The second kappa shape index (κ2) is 7.98. The Morgan fingerprint density at radius 3 is 2.90 bits per heavy atom. The van der Waals surface area contributed by atoms with Crippen molar-refractivity contribution in [2.45, 2.75) is 32.7 Å². The van der Waals surface area contributed by atoms with Crippen molar-refractivity contribution in [1.82, 2.24) is 9.88 Å². The third-order valence-corrected chi connectivity index (χ3v) is 3.90. The van der Waals surface area contributed by atoms with E-state index in [-0.39, 0.29) is 11.9 Å². The normalized spacial score (nSPS) is 16.7. The van der Waals surface area contributed by atoms with E-state index in [4.69, 9.17) is 4.74 Å². The number of ether oxygens (including phenoxy) is 1. The van der Waals surface area contributed by atoms with Crippen molar-refractivity contribution in [2.24, 2.45) is 5.92 Å². The van der Waals surface area contributed by atoms with Crippen molar-refractivity contribution in [3.63, 3.8) is 0 Å². The molecule has 2 rings (SSSR count). The van der Waals surface area contributed by atoms with Crippen molar-refractivity contribution in [3.05, 3.63) is 24.0 Å². The molecule has 1 aliphatic heterocycles. The first kappa shape index (κ1) is 15.8. The van der Waals surface area contributed by atoms with E-state index < -0.39 is 0 Å². The second-order valence-electron chi connectivity index (χ2n) is 5.54.